The number of carbonyl (C=O) groups excluding carboxylic acids is 2. The van der Waals surface area contributed by atoms with Gasteiger partial charge in [0.25, 0.3) is 0 Å². The quantitative estimate of drug-likeness (QED) is 0.356. The number of hydrogen-bond donors (Lipinski definition) is 2. The van der Waals surface area contributed by atoms with E-state index < -0.39 is 28.1 Å². The van der Waals surface area contributed by atoms with Crippen molar-refractivity contribution in [1.82, 2.24) is 14.5 Å². The third-order valence-electron chi connectivity index (χ3n) is 6.85. The standard InChI is InChI=1S/C30H33N3O7S/c34-28(16-15-27(29(35)36)31-30(37)40-22-25-9-5-2-6-10-25)32-17-19-33(20-18-32)41(38,39)26-13-11-24(12-14-26)21-23-7-3-1-4-8-23/h1-14,27H,15-22H2,(H,31,37)(H,35,36)/t27-/m0/s1. The lowest BCUT2D eigenvalue weighted by Crippen LogP contribution is -2.50. The minimum atomic E-state index is -3.72. The molecule has 0 aliphatic carbocycles. The second kappa shape index (κ2) is 13.9. The third kappa shape index (κ3) is 8.38. The molecule has 4 rings (SSSR count). The Kier molecular flexibility index (Phi) is 10.1. The monoisotopic (exact) mass is 579 g/mol. The molecular formula is C30H33N3O7S. The lowest BCUT2D eigenvalue weighted by atomic mass is 10.1. The number of piperazine rings is 1. The molecule has 3 aromatic carbocycles. The molecule has 1 heterocycles. The Balaban J connectivity index is 1.23. The van der Waals surface area contributed by atoms with Crippen molar-refractivity contribution in [2.24, 2.45) is 0 Å². The van der Waals surface area contributed by atoms with Crippen molar-refractivity contribution in [3.63, 3.8) is 0 Å². The van der Waals surface area contributed by atoms with E-state index in [1.807, 2.05) is 48.5 Å². The number of rotatable bonds is 11. The van der Waals surface area contributed by atoms with Gasteiger partial charge in [0.1, 0.15) is 12.6 Å². The molecule has 0 saturated carbocycles. The Labute approximate surface area is 239 Å². The van der Waals surface area contributed by atoms with Crippen LogP contribution in [0, 0.1) is 0 Å². The molecular weight excluding hydrogens is 546 g/mol. The number of carboxylic acid groups (broad SMARTS) is 1. The van der Waals surface area contributed by atoms with Crippen LogP contribution in [0.5, 0.6) is 0 Å². The highest BCUT2D eigenvalue weighted by Gasteiger charge is 2.31. The number of aliphatic carboxylic acids is 1. The second-order valence-electron chi connectivity index (χ2n) is 9.73. The van der Waals surface area contributed by atoms with Crippen LogP contribution in [0.25, 0.3) is 0 Å². The van der Waals surface area contributed by atoms with E-state index in [4.69, 9.17) is 4.74 Å². The summed E-state index contributed by atoms with van der Waals surface area (Å²) in [6, 6.07) is 24.4. The number of amides is 2. The summed E-state index contributed by atoms with van der Waals surface area (Å²) in [6.07, 6.45) is -0.427. The molecule has 0 unspecified atom stereocenters. The topological polar surface area (TPSA) is 133 Å². The zero-order valence-corrected chi connectivity index (χ0v) is 23.3. The van der Waals surface area contributed by atoms with Crippen molar-refractivity contribution < 1.29 is 32.6 Å². The zero-order valence-electron chi connectivity index (χ0n) is 22.5. The molecule has 1 aliphatic heterocycles. The zero-order chi connectivity index (χ0) is 29.2. The average molecular weight is 580 g/mol. The van der Waals surface area contributed by atoms with Crippen LogP contribution in [0.15, 0.2) is 89.8 Å². The molecule has 41 heavy (non-hydrogen) atoms. The van der Waals surface area contributed by atoms with Crippen molar-refractivity contribution in [1.29, 1.82) is 0 Å². The first kappa shape index (κ1) is 29.8. The van der Waals surface area contributed by atoms with Gasteiger partial charge in [-0.2, -0.15) is 4.31 Å². The van der Waals surface area contributed by atoms with Crippen LogP contribution < -0.4 is 5.32 Å². The molecule has 3 aromatic rings. The van der Waals surface area contributed by atoms with Gasteiger partial charge in [-0.3, -0.25) is 4.79 Å². The van der Waals surface area contributed by atoms with Gasteiger partial charge >= 0.3 is 12.1 Å². The Morgan fingerprint density at radius 3 is 1.95 bits per heavy atom. The van der Waals surface area contributed by atoms with Crippen LogP contribution in [-0.2, 0) is 37.4 Å². The van der Waals surface area contributed by atoms with Gasteiger partial charge in [-0.05, 0) is 41.7 Å². The summed E-state index contributed by atoms with van der Waals surface area (Å²) in [5.74, 6) is -1.59. The highest BCUT2D eigenvalue weighted by Crippen LogP contribution is 2.20. The van der Waals surface area contributed by atoms with E-state index in [-0.39, 0.29) is 56.4 Å². The average Bonchev–Trinajstić information content (AvgIpc) is 2.99. The predicted molar refractivity (Wildman–Crippen MR) is 151 cm³/mol. The maximum atomic E-state index is 13.2. The SMILES string of the molecule is O=C(N[C@@H](CCC(=O)N1CCN(S(=O)(=O)c2ccc(Cc3ccccc3)cc2)CC1)C(=O)O)OCc1ccccc1. The number of ether oxygens (including phenoxy) is 1. The largest absolute Gasteiger partial charge is 0.480 e. The molecule has 0 spiro atoms. The summed E-state index contributed by atoms with van der Waals surface area (Å²) < 4.78 is 32.8. The number of sulfonamides is 1. The molecule has 0 aromatic heterocycles. The number of hydrogen-bond acceptors (Lipinski definition) is 6. The number of carbonyl (C=O) groups is 3. The van der Waals surface area contributed by atoms with Crippen LogP contribution in [0.3, 0.4) is 0 Å². The number of nitrogens with one attached hydrogen (secondary N) is 1. The summed E-state index contributed by atoms with van der Waals surface area (Å²) in [5.41, 5.74) is 2.90. The fraction of sp³-hybridized carbons (Fsp3) is 0.300. The van der Waals surface area contributed by atoms with Crippen LogP contribution in [0.4, 0.5) is 4.79 Å². The number of nitrogens with zero attached hydrogens (tertiary/aromatic N) is 2. The fourth-order valence-corrected chi connectivity index (χ4v) is 5.95. The second-order valence-corrected chi connectivity index (χ2v) is 11.7. The number of benzene rings is 3. The van der Waals surface area contributed by atoms with Crippen molar-refractivity contribution >= 4 is 28.0 Å². The molecule has 10 nitrogen and oxygen atoms in total. The molecule has 2 amide bonds. The van der Waals surface area contributed by atoms with Crippen LogP contribution >= 0.6 is 0 Å². The first-order valence-corrected chi connectivity index (χ1v) is 14.8. The Bertz CT molecular complexity index is 1420. The molecule has 0 radical (unpaired) electrons. The van der Waals surface area contributed by atoms with Gasteiger partial charge in [0, 0.05) is 32.6 Å². The normalized spacial score (nSPS) is 14.7. The minimum absolute atomic E-state index is 0.0110. The van der Waals surface area contributed by atoms with E-state index in [1.165, 1.54) is 9.21 Å². The maximum absolute atomic E-state index is 13.2. The van der Waals surface area contributed by atoms with Gasteiger partial charge in [0.2, 0.25) is 15.9 Å². The van der Waals surface area contributed by atoms with Crippen molar-refractivity contribution in [3.05, 3.63) is 102 Å². The summed E-state index contributed by atoms with van der Waals surface area (Å²) >= 11 is 0. The molecule has 1 saturated heterocycles. The maximum Gasteiger partial charge on any atom is 0.408 e. The number of alkyl carbamates (subject to hydrolysis) is 1. The van der Waals surface area contributed by atoms with Gasteiger partial charge in [-0.15, -0.1) is 0 Å². The first-order valence-electron chi connectivity index (χ1n) is 13.3. The van der Waals surface area contributed by atoms with E-state index >= 15 is 0 Å². The highest BCUT2D eigenvalue weighted by molar-refractivity contribution is 7.89. The highest BCUT2D eigenvalue weighted by atomic mass is 32.2. The Morgan fingerprint density at radius 1 is 0.805 bits per heavy atom. The smallest absolute Gasteiger partial charge is 0.408 e. The lowest BCUT2D eigenvalue weighted by molar-refractivity contribution is -0.140. The molecule has 0 bridgehead atoms. The molecule has 216 valence electrons. The van der Waals surface area contributed by atoms with Gasteiger partial charge < -0.3 is 20.1 Å². The van der Waals surface area contributed by atoms with E-state index in [0.717, 1.165) is 16.7 Å². The molecule has 2 N–H and O–H groups in total. The summed E-state index contributed by atoms with van der Waals surface area (Å²) in [6.45, 7) is 0.629. The number of carboxylic acids is 1. The molecule has 11 heteroatoms. The van der Waals surface area contributed by atoms with Gasteiger partial charge in [-0.1, -0.05) is 72.8 Å². The van der Waals surface area contributed by atoms with Crippen molar-refractivity contribution in [3.8, 4) is 0 Å². The summed E-state index contributed by atoms with van der Waals surface area (Å²) in [7, 11) is -3.72. The molecule has 1 fully saturated rings. The van der Waals surface area contributed by atoms with Gasteiger partial charge in [0.15, 0.2) is 0 Å². The van der Waals surface area contributed by atoms with Crippen LogP contribution in [0.1, 0.15) is 29.5 Å². The van der Waals surface area contributed by atoms with Crippen LogP contribution in [0.2, 0.25) is 0 Å². The van der Waals surface area contributed by atoms with E-state index in [9.17, 15) is 27.9 Å². The minimum Gasteiger partial charge on any atom is -0.480 e. The fourth-order valence-electron chi connectivity index (χ4n) is 4.53. The first-order chi connectivity index (χ1) is 19.7. The predicted octanol–water partition coefficient (Wildman–Crippen LogP) is 3.27. The van der Waals surface area contributed by atoms with E-state index in [0.29, 0.717) is 6.42 Å². The summed E-state index contributed by atoms with van der Waals surface area (Å²) in [5, 5.41) is 11.8. The van der Waals surface area contributed by atoms with Gasteiger partial charge in [0.05, 0.1) is 4.90 Å². The van der Waals surface area contributed by atoms with Crippen LogP contribution in [-0.4, -0.2) is 72.9 Å². The van der Waals surface area contributed by atoms with Crippen molar-refractivity contribution in [2.45, 2.75) is 36.8 Å². The summed E-state index contributed by atoms with van der Waals surface area (Å²) in [4.78, 5) is 38.2. The Hall–Kier alpha value is -4.22. The van der Waals surface area contributed by atoms with Crippen molar-refractivity contribution in [2.75, 3.05) is 26.2 Å². The lowest BCUT2D eigenvalue weighted by Gasteiger charge is -2.34. The van der Waals surface area contributed by atoms with E-state index in [2.05, 4.69) is 5.32 Å². The molecule has 1 atom stereocenters. The van der Waals surface area contributed by atoms with E-state index in [1.54, 1.807) is 36.4 Å². The molecule has 1 aliphatic rings. The Morgan fingerprint density at radius 2 is 1.37 bits per heavy atom. The third-order valence-corrected chi connectivity index (χ3v) is 8.77. The van der Waals surface area contributed by atoms with Gasteiger partial charge in [-0.25, -0.2) is 18.0 Å².